The molecule has 0 spiro atoms. The Hall–Kier alpha value is -1.71. The van der Waals surface area contributed by atoms with Crippen molar-refractivity contribution in [1.29, 1.82) is 0 Å². The minimum atomic E-state index is -0.443. The van der Waals surface area contributed by atoms with Gasteiger partial charge in [-0.05, 0) is 37.1 Å². The van der Waals surface area contributed by atoms with Crippen molar-refractivity contribution >= 4 is 17.5 Å². The lowest BCUT2D eigenvalue weighted by atomic mass is 10.2. The monoisotopic (exact) mass is 250 g/mol. The van der Waals surface area contributed by atoms with E-state index in [0.29, 0.717) is 0 Å². The summed E-state index contributed by atoms with van der Waals surface area (Å²) in [7, 11) is 1.36. The zero-order chi connectivity index (χ0) is 13.4. The zero-order valence-electron chi connectivity index (χ0n) is 11.4. The van der Waals surface area contributed by atoms with E-state index in [9.17, 15) is 4.79 Å². The molecule has 0 bridgehead atoms. The standard InChI is InChI=1S/C14H22N2O2/c1-4-10-16(11-5-2)13-8-6-12(7-9-13)15-14(17)18-3/h6-9H,4-5,10-11H2,1-3H3,(H,15,17). The SMILES string of the molecule is CCCN(CCC)c1ccc(NC(=O)OC)cc1. The van der Waals surface area contributed by atoms with Crippen molar-refractivity contribution in [1.82, 2.24) is 0 Å². The first-order chi connectivity index (χ1) is 8.71. The van der Waals surface area contributed by atoms with Gasteiger partial charge in [0.25, 0.3) is 0 Å². The van der Waals surface area contributed by atoms with E-state index in [-0.39, 0.29) is 0 Å². The number of hydrogen-bond donors (Lipinski definition) is 1. The molecule has 0 fully saturated rings. The first-order valence-electron chi connectivity index (χ1n) is 6.41. The highest BCUT2D eigenvalue weighted by Gasteiger charge is 2.05. The highest BCUT2D eigenvalue weighted by molar-refractivity contribution is 5.84. The van der Waals surface area contributed by atoms with Gasteiger partial charge in [0.15, 0.2) is 0 Å². The van der Waals surface area contributed by atoms with Gasteiger partial charge in [-0.2, -0.15) is 0 Å². The molecule has 0 radical (unpaired) electrons. The normalized spacial score (nSPS) is 9.94. The van der Waals surface area contributed by atoms with Gasteiger partial charge in [0.05, 0.1) is 7.11 Å². The van der Waals surface area contributed by atoms with E-state index < -0.39 is 6.09 Å². The number of ether oxygens (including phenoxy) is 1. The Morgan fingerprint density at radius 3 is 2.17 bits per heavy atom. The maximum absolute atomic E-state index is 11.1. The summed E-state index contributed by atoms with van der Waals surface area (Å²) in [5, 5.41) is 2.64. The van der Waals surface area contributed by atoms with E-state index in [1.54, 1.807) is 0 Å². The second kappa shape index (κ2) is 7.58. The smallest absolute Gasteiger partial charge is 0.411 e. The van der Waals surface area contributed by atoms with Gasteiger partial charge >= 0.3 is 6.09 Å². The highest BCUT2D eigenvalue weighted by Crippen LogP contribution is 2.18. The van der Waals surface area contributed by atoms with E-state index in [2.05, 4.69) is 28.8 Å². The van der Waals surface area contributed by atoms with Crippen molar-refractivity contribution in [3.05, 3.63) is 24.3 Å². The summed E-state index contributed by atoms with van der Waals surface area (Å²) in [5.74, 6) is 0. The number of nitrogens with zero attached hydrogens (tertiary/aromatic N) is 1. The summed E-state index contributed by atoms with van der Waals surface area (Å²) in [4.78, 5) is 13.4. The van der Waals surface area contributed by atoms with E-state index >= 15 is 0 Å². The fraction of sp³-hybridized carbons (Fsp3) is 0.500. The van der Waals surface area contributed by atoms with Gasteiger partial charge in [-0.15, -0.1) is 0 Å². The van der Waals surface area contributed by atoms with Crippen LogP contribution in [0.4, 0.5) is 16.2 Å². The van der Waals surface area contributed by atoms with Gasteiger partial charge in [-0.25, -0.2) is 4.79 Å². The molecule has 1 N–H and O–H groups in total. The molecule has 0 atom stereocenters. The number of anilines is 2. The summed E-state index contributed by atoms with van der Waals surface area (Å²) in [6.07, 6.45) is 1.81. The van der Waals surface area contributed by atoms with Crippen LogP contribution in [0.15, 0.2) is 24.3 Å². The number of nitrogens with one attached hydrogen (secondary N) is 1. The van der Waals surface area contributed by atoms with Gasteiger partial charge < -0.3 is 9.64 Å². The summed E-state index contributed by atoms with van der Waals surface area (Å²) in [5.41, 5.74) is 1.94. The Balaban J connectivity index is 2.70. The maximum atomic E-state index is 11.1. The number of carbonyl (C=O) groups excluding carboxylic acids is 1. The summed E-state index contributed by atoms with van der Waals surface area (Å²) in [6.45, 7) is 6.46. The summed E-state index contributed by atoms with van der Waals surface area (Å²) in [6, 6.07) is 7.84. The number of amides is 1. The molecule has 0 unspecified atom stereocenters. The average Bonchev–Trinajstić information content (AvgIpc) is 2.39. The predicted molar refractivity (Wildman–Crippen MR) is 75.3 cm³/mol. The molecule has 0 aliphatic heterocycles. The third-order valence-electron chi connectivity index (χ3n) is 2.65. The molecule has 4 nitrogen and oxygen atoms in total. The summed E-state index contributed by atoms with van der Waals surface area (Å²) >= 11 is 0. The minimum absolute atomic E-state index is 0.443. The Morgan fingerprint density at radius 1 is 1.17 bits per heavy atom. The largest absolute Gasteiger partial charge is 0.453 e. The van der Waals surface area contributed by atoms with Crippen molar-refractivity contribution in [3.63, 3.8) is 0 Å². The Bertz CT molecular complexity index is 357. The van der Waals surface area contributed by atoms with E-state index in [4.69, 9.17) is 0 Å². The first-order valence-corrected chi connectivity index (χ1v) is 6.41. The van der Waals surface area contributed by atoms with Gasteiger partial charge in [-0.1, -0.05) is 13.8 Å². The lowest BCUT2D eigenvalue weighted by Crippen LogP contribution is -2.24. The van der Waals surface area contributed by atoms with Crippen LogP contribution in [-0.4, -0.2) is 26.3 Å². The fourth-order valence-corrected chi connectivity index (χ4v) is 1.83. The second-order valence-corrected chi connectivity index (χ2v) is 4.15. The van der Waals surface area contributed by atoms with Crippen LogP contribution in [0.1, 0.15) is 26.7 Å². The Labute approximate surface area is 109 Å². The van der Waals surface area contributed by atoms with Crippen LogP contribution in [0.3, 0.4) is 0 Å². The molecule has 4 heteroatoms. The fourth-order valence-electron chi connectivity index (χ4n) is 1.83. The molecule has 1 aromatic rings. The number of methoxy groups -OCH3 is 1. The third-order valence-corrected chi connectivity index (χ3v) is 2.65. The van der Waals surface area contributed by atoms with Crippen LogP contribution in [0.5, 0.6) is 0 Å². The Morgan fingerprint density at radius 2 is 1.72 bits per heavy atom. The molecule has 0 aliphatic carbocycles. The van der Waals surface area contributed by atoms with Crippen molar-refractivity contribution in [2.45, 2.75) is 26.7 Å². The van der Waals surface area contributed by atoms with E-state index in [1.807, 2.05) is 24.3 Å². The van der Waals surface area contributed by atoms with Crippen molar-refractivity contribution < 1.29 is 9.53 Å². The van der Waals surface area contributed by atoms with E-state index in [1.165, 1.54) is 12.8 Å². The molecule has 100 valence electrons. The molecule has 1 rings (SSSR count). The van der Waals surface area contributed by atoms with Gasteiger partial charge in [0.1, 0.15) is 0 Å². The molecule has 0 heterocycles. The first kappa shape index (κ1) is 14.4. The van der Waals surface area contributed by atoms with Crippen LogP contribution in [-0.2, 0) is 4.74 Å². The molecule has 1 aromatic carbocycles. The minimum Gasteiger partial charge on any atom is -0.453 e. The van der Waals surface area contributed by atoms with E-state index in [0.717, 1.165) is 31.6 Å². The zero-order valence-corrected chi connectivity index (χ0v) is 11.4. The predicted octanol–water partition coefficient (Wildman–Crippen LogP) is 3.49. The van der Waals surface area contributed by atoms with Crippen molar-refractivity contribution in [2.24, 2.45) is 0 Å². The molecule has 0 aromatic heterocycles. The lowest BCUT2D eigenvalue weighted by molar-refractivity contribution is 0.187. The average molecular weight is 250 g/mol. The van der Waals surface area contributed by atoms with Crippen LogP contribution < -0.4 is 10.2 Å². The van der Waals surface area contributed by atoms with Gasteiger partial charge in [-0.3, -0.25) is 5.32 Å². The molecular formula is C14H22N2O2. The van der Waals surface area contributed by atoms with Crippen molar-refractivity contribution in [2.75, 3.05) is 30.4 Å². The molecule has 0 saturated heterocycles. The van der Waals surface area contributed by atoms with Gasteiger partial charge in [0.2, 0.25) is 0 Å². The molecular weight excluding hydrogens is 228 g/mol. The van der Waals surface area contributed by atoms with Crippen LogP contribution >= 0.6 is 0 Å². The topological polar surface area (TPSA) is 41.6 Å². The number of rotatable bonds is 6. The second-order valence-electron chi connectivity index (χ2n) is 4.15. The number of carbonyl (C=O) groups is 1. The maximum Gasteiger partial charge on any atom is 0.411 e. The van der Waals surface area contributed by atoms with Crippen LogP contribution in [0.25, 0.3) is 0 Å². The number of hydrogen-bond acceptors (Lipinski definition) is 3. The molecule has 1 amide bonds. The third kappa shape index (κ3) is 4.28. The molecule has 18 heavy (non-hydrogen) atoms. The molecule has 0 saturated carbocycles. The lowest BCUT2D eigenvalue weighted by Gasteiger charge is -2.23. The Kier molecular flexibility index (Phi) is 6.05. The number of benzene rings is 1. The summed E-state index contributed by atoms with van der Waals surface area (Å²) < 4.78 is 4.55. The van der Waals surface area contributed by atoms with Crippen molar-refractivity contribution in [3.8, 4) is 0 Å². The van der Waals surface area contributed by atoms with Crippen LogP contribution in [0.2, 0.25) is 0 Å². The quantitative estimate of drug-likeness (QED) is 0.840. The van der Waals surface area contributed by atoms with Gasteiger partial charge in [0, 0.05) is 24.5 Å². The highest BCUT2D eigenvalue weighted by atomic mass is 16.5. The molecule has 0 aliphatic rings. The van der Waals surface area contributed by atoms with Crippen LogP contribution in [0, 0.1) is 0 Å².